The number of halogens is 1. The van der Waals surface area contributed by atoms with Crippen LogP contribution in [-0.4, -0.2) is 17.5 Å². The van der Waals surface area contributed by atoms with Gasteiger partial charge in [-0.15, -0.1) is 11.3 Å². The van der Waals surface area contributed by atoms with Gasteiger partial charge in [0, 0.05) is 10.9 Å². The van der Waals surface area contributed by atoms with E-state index in [1.165, 1.54) is 22.5 Å². The second-order valence-electron chi connectivity index (χ2n) is 7.33. The first-order chi connectivity index (χ1) is 15.6. The van der Waals surface area contributed by atoms with Crippen LogP contribution in [0.1, 0.15) is 18.9 Å². The number of nitrogens with zero attached hydrogens (tertiary/aromatic N) is 1. The molecule has 0 bridgehead atoms. The zero-order chi connectivity index (χ0) is 22.3. The van der Waals surface area contributed by atoms with E-state index in [0.717, 1.165) is 34.1 Å². The number of carbonyl (C=O) groups is 1. The number of hydrogen-bond acceptors (Lipinski definition) is 4. The molecule has 4 nitrogen and oxygen atoms in total. The molecule has 4 rings (SSSR count). The highest BCUT2D eigenvalue weighted by molar-refractivity contribution is 9.10. The van der Waals surface area contributed by atoms with Gasteiger partial charge in [-0.05, 0) is 51.2 Å². The number of thiazole rings is 1. The van der Waals surface area contributed by atoms with E-state index < -0.39 is 0 Å². The fraction of sp³-hybridized carbons (Fsp3) is 0.154. The Morgan fingerprint density at radius 2 is 1.72 bits per heavy atom. The van der Waals surface area contributed by atoms with Gasteiger partial charge in [0.2, 0.25) is 0 Å². The van der Waals surface area contributed by atoms with Crippen LogP contribution in [0.3, 0.4) is 0 Å². The van der Waals surface area contributed by atoms with E-state index in [2.05, 4.69) is 57.4 Å². The zero-order valence-corrected chi connectivity index (χ0v) is 20.1. The number of aromatic nitrogens is 1. The molecule has 0 radical (unpaired) electrons. The SMILES string of the molecule is CCCc1ccc(OCC(=O)Nc2nc(-c3ccc(-c4ccccc4)cc3)cs2)c(Br)c1. The fourth-order valence-electron chi connectivity index (χ4n) is 3.33. The van der Waals surface area contributed by atoms with Gasteiger partial charge >= 0.3 is 0 Å². The lowest BCUT2D eigenvalue weighted by Crippen LogP contribution is -2.20. The lowest BCUT2D eigenvalue weighted by Gasteiger charge is -2.09. The molecular formula is C26H23BrN2O2S. The molecule has 0 aliphatic heterocycles. The molecule has 162 valence electrons. The zero-order valence-electron chi connectivity index (χ0n) is 17.7. The van der Waals surface area contributed by atoms with E-state index in [1.54, 1.807) is 0 Å². The Kier molecular flexibility index (Phi) is 7.35. The van der Waals surface area contributed by atoms with Crippen LogP contribution in [0.2, 0.25) is 0 Å². The highest BCUT2D eigenvalue weighted by Gasteiger charge is 2.11. The van der Waals surface area contributed by atoms with Gasteiger partial charge in [0.1, 0.15) is 5.75 Å². The predicted octanol–water partition coefficient (Wildman–Crippen LogP) is 7.21. The maximum absolute atomic E-state index is 12.3. The van der Waals surface area contributed by atoms with Gasteiger partial charge in [-0.2, -0.15) is 0 Å². The van der Waals surface area contributed by atoms with Crippen LogP contribution in [0.4, 0.5) is 5.13 Å². The number of nitrogens with one attached hydrogen (secondary N) is 1. The van der Waals surface area contributed by atoms with Crippen molar-refractivity contribution in [3.8, 4) is 28.1 Å². The number of amides is 1. The van der Waals surface area contributed by atoms with Crippen molar-refractivity contribution < 1.29 is 9.53 Å². The van der Waals surface area contributed by atoms with Crippen molar-refractivity contribution in [2.24, 2.45) is 0 Å². The molecule has 1 amide bonds. The lowest BCUT2D eigenvalue weighted by molar-refractivity contribution is -0.118. The van der Waals surface area contributed by atoms with Gasteiger partial charge in [0.05, 0.1) is 10.2 Å². The third kappa shape index (κ3) is 5.64. The molecule has 1 heterocycles. The fourth-order valence-corrected chi connectivity index (χ4v) is 4.61. The first-order valence-corrected chi connectivity index (χ1v) is 12.1. The van der Waals surface area contributed by atoms with Crippen molar-refractivity contribution in [3.05, 3.63) is 88.2 Å². The summed E-state index contributed by atoms with van der Waals surface area (Å²) >= 11 is 4.91. The Labute approximate surface area is 200 Å². The van der Waals surface area contributed by atoms with Crippen molar-refractivity contribution in [1.82, 2.24) is 4.98 Å². The molecule has 6 heteroatoms. The molecular weight excluding hydrogens is 484 g/mol. The smallest absolute Gasteiger partial charge is 0.264 e. The quantitative estimate of drug-likeness (QED) is 0.274. The minimum absolute atomic E-state index is 0.0770. The average Bonchev–Trinajstić information content (AvgIpc) is 3.28. The van der Waals surface area contributed by atoms with Crippen molar-refractivity contribution >= 4 is 38.3 Å². The number of ether oxygens (including phenoxy) is 1. The number of anilines is 1. The summed E-state index contributed by atoms with van der Waals surface area (Å²) in [6, 6.07) is 24.5. The third-order valence-electron chi connectivity index (χ3n) is 4.93. The Morgan fingerprint density at radius 3 is 2.44 bits per heavy atom. The monoisotopic (exact) mass is 506 g/mol. The van der Waals surface area contributed by atoms with Gasteiger partial charge < -0.3 is 4.74 Å². The first-order valence-electron chi connectivity index (χ1n) is 10.4. The maximum atomic E-state index is 12.3. The summed E-state index contributed by atoms with van der Waals surface area (Å²) in [5, 5.41) is 5.31. The van der Waals surface area contributed by atoms with Crippen LogP contribution in [0, 0.1) is 0 Å². The van der Waals surface area contributed by atoms with Crippen LogP contribution in [0.25, 0.3) is 22.4 Å². The molecule has 3 aromatic carbocycles. The molecule has 0 aliphatic carbocycles. The molecule has 0 spiro atoms. The summed E-state index contributed by atoms with van der Waals surface area (Å²) in [4.78, 5) is 16.9. The minimum Gasteiger partial charge on any atom is -0.483 e. The Balaban J connectivity index is 1.34. The lowest BCUT2D eigenvalue weighted by atomic mass is 10.0. The second kappa shape index (κ2) is 10.6. The molecule has 0 aliphatic rings. The average molecular weight is 507 g/mol. The van der Waals surface area contributed by atoms with Gasteiger partial charge in [-0.3, -0.25) is 10.1 Å². The van der Waals surface area contributed by atoms with Crippen LogP contribution < -0.4 is 10.1 Å². The number of carbonyl (C=O) groups excluding carboxylic acids is 1. The van der Waals surface area contributed by atoms with E-state index in [-0.39, 0.29) is 12.5 Å². The summed E-state index contributed by atoms with van der Waals surface area (Å²) in [7, 11) is 0. The summed E-state index contributed by atoms with van der Waals surface area (Å²) in [5.41, 5.74) is 5.42. The molecule has 4 aromatic rings. The number of rotatable bonds is 8. The van der Waals surface area contributed by atoms with E-state index in [1.807, 2.05) is 53.9 Å². The molecule has 1 aromatic heterocycles. The molecule has 0 unspecified atom stereocenters. The molecule has 0 saturated heterocycles. The topological polar surface area (TPSA) is 51.2 Å². The molecule has 0 saturated carbocycles. The van der Waals surface area contributed by atoms with Crippen LogP contribution in [0.5, 0.6) is 5.75 Å². The van der Waals surface area contributed by atoms with Gasteiger partial charge in [0.25, 0.3) is 5.91 Å². The van der Waals surface area contributed by atoms with Gasteiger partial charge in [-0.1, -0.05) is 74.0 Å². The summed E-state index contributed by atoms with van der Waals surface area (Å²) in [5.74, 6) is 0.410. The third-order valence-corrected chi connectivity index (χ3v) is 6.31. The summed E-state index contributed by atoms with van der Waals surface area (Å²) in [6.07, 6.45) is 2.10. The Hall–Kier alpha value is -2.96. The van der Waals surface area contributed by atoms with Gasteiger partial charge in [0.15, 0.2) is 11.7 Å². The maximum Gasteiger partial charge on any atom is 0.264 e. The van der Waals surface area contributed by atoms with E-state index in [4.69, 9.17) is 4.74 Å². The molecule has 0 atom stereocenters. The second-order valence-corrected chi connectivity index (χ2v) is 9.05. The predicted molar refractivity (Wildman–Crippen MR) is 135 cm³/mol. The highest BCUT2D eigenvalue weighted by Crippen LogP contribution is 2.28. The van der Waals surface area contributed by atoms with Crippen molar-refractivity contribution in [2.45, 2.75) is 19.8 Å². The number of hydrogen-bond donors (Lipinski definition) is 1. The van der Waals surface area contributed by atoms with Crippen molar-refractivity contribution in [1.29, 1.82) is 0 Å². The van der Waals surface area contributed by atoms with Crippen LogP contribution >= 0.6 is 27.3 Å². The van der Waals surface area contributed by atoms with E-state index in [0.29, 0.717) is 10.9 Å². The van der Waals surface area contributed by atoms with Crippen LogP contribution in [0.15, 0.2) is 82.6 Å². The van der Waals surface area contributed by atoms with Crippen molar-refractivity contribution in [2.75, 3.05) is 11.9 Å². The summed E-state index contributed by atoms with van der Waals surface area (Å²) in [6.45, 7) is 2.07. The Bertz CT molecular complexity index is 1190. The molecule has 0 fully saturated rings. The van der Waals surface area contributed by atoms with Crippen molar-refractivity contribution in [3.63, 3.8) is 0 Å². The number of benzene rings is 3. The largest absolute Gasteiger partial charge is 0.483 e. The number of aryl methyl sites for hydroxylation is 1. The molecule has 32 heavy (non-hydrogen) atoms. The normalized spacial score (nSPS) is 10.7. The van der Waals surface area contributed by atoms with E-state index >= 15 is 0 Å². The minimum atomic E-state index is -0.241. The highest BCUT2D eigenvalue weighted by atomic mass is 79.9. The van der Waals surface area contributed by atoms with Gasteiger partial charge in [-0.25, -0.2) is 4.98 Å². The first kappa shape index (κ1) is 22.2. The van der Waals surface area contributed by atoms with Crippen LogP contribution in [-0.2, 0) is 11.2 Å². The Morgan fingerprint density at radius 1 is 1.00 bits per heavy atom. The summed E-state index contributed by atoms with van der Waals surface area (Å²) < 4.78 is 6.52. The standard InChI is InChI=1S/C26H23BrN2O2S/c1-2-6-18-9-14-24(22(27)15-18)31-16-25(30)29-26-28-23(17-32-26)21-12-10-20(11-13-21)19-7-4-3-5-8-19/h3-5,7-15,17H,2,6,16H2,1H3,(H,28,29,30). The van der Waals surface area contributed by atoms with E-state index in [9.17, 15) is 4.79 Å². The molecule has 1 N–H and O–H groups in total.